The van der Waals surface area contributed by atoms with Crippen molar-refractivity contribution in [3.63, 3.8) is 0 Å². The van der Waals surface area contributed by atoms with Crippen molar-refractivity contribution in [2.24, 2.45) is 5.92 Å². The van der Waals surface area contributed by atoms with Gasteiger partial charge in [0, 0.05) is 18.3 Å². The van der Waals surface area contributed by atoms with E-state index >= 15 is 0 Å². The minimum atomic E-state index is -4.61. The largest absolute Gasteiger partial charge is 0.417 e. The van der Waals surface area contributed by atoms with Crippen molar-refractivity contribution in [3.8, 4) is 0 Å². The molecule has 2 aromatic carbocycles. The fraction of sp³-hybridized carbons (Fsp3) is 0.409. The van der Waals surface area contributed by atoms with Gasteiger partial charge in [-0.1, -0.05) is 18.2 Å². The highest BCUT2D eigenvalue weighted by Crippen LogP contribution is 2.33. The van der Waals surface area contributed by atoms with Crippen molar-refractivity contribution >= 4 is 11.6 Å². The Hall–Kier alpha value is -2.71. The normalized spacial score (nSPS) is 19.7. The monoisotopic (exact) mass is 444 g/mol. The van der Waals surface area contributed by atoms with Crippen LogP contribution in [0, 0.1) is 5.92 Å². The second-order valence-corrected chi connectivity index (χ2v) is 7.69. The molecule has 3 nitrogen and oxygen atoms in total. The molecule has 0 heterocycles. The topological polar surface area (TPSA) is 41.1 Å². The summed E-state index contributed by atoms with van der Waals surface area (Å²) in [6.07, 6.45) is -6.42. The molecule has 0 radical (unpaired) electrons. The van der Waals surface area contributed by atoms with Crippen molar-refractivity contribution in [1.29, 1.82) is 0 Å². The highest BCUT2D eigenvalue weighted by molar-refractivity contribution is 5.96. The van der Waals surface area contributed by atoms with Gasteiger partial charge in [-0.2, -0.15) is 26.3 Å². The number of rotatable bonds is 5. The molecule has 1 aliphatic rings. The number of anilines is 1. The van der Waals surface area contributed by atoms with Crippen molar-refractivity contribution in [2.75, 3.05) is 11.9 Å². The molecule has 0 spiro atoms. The third-order valence-corrected chi connectivity index (χ3v) is 5.44. The lowest BCUT2D eigenvalue weighted by molar-refractivity contribution is -0.138. The lowest BCUT2D eigenvalue weighted by Crippen LogP contribution is -2.39. The molecule has 0 aliphatic heterocycles. The molecule has 0 bridgehead atoms. The van der Waals surface area contributed by atoms with Crippen LogP contribution < -0.4 is 10.6 Å². The van der Waals surface area contributed by atoms with E-state index in [1.807, 2.05) is 0 Å². The first-order valence-corrected chi connectivity index (χ1v) is 9.92. The molecule has 1 aliphatic carbocycles. The molecule has 31 heavy (non-hydrogen) atoms. The summed E-state index contributed by atoms with van der Waals surface area (Å²) in [7, 11) is 0. The Morgan fingerprint density at radius 2 is 1.55 bits per heavy atom. The van der Waals surface area contributed by atoms with E-state index in [0.29, 0.717) is 37.9 Å². The van der Waals surface area contributed by atoms with Gasteiger partial charge in [0.25, 0.3) is 5.91 Å². The van der Waals surface area contributed by atoms with Gasteiger partial charge in [-0.3, -0.25) is 4.79 Å². The lowest BCUT2D eigenvalue weighted by atomic mass is 9.85. The van der Waals surface area contributed by atoms with Crippen molar-refractivity contribution < 1.29 is 31.1 Å². The fourth-order valence-electron chi connectivity index (χ4n) is 3.77. The zero-order valence-corrected chi connectivity index (χ0v) is 16.5. The summed E-state index contributed by atoms with van der Waals surface area (Å²) in [4.78, 5) is 12.4. The summed E-state index contributed by atoms with van der Waals surface area (Å²) in [5, 5.41) is 5.70. The van der Waals surface area contributed by atoms with E-state index in [4.69, 9.17) is 0 Å². The van der Waals surface area contributed by atoms with Gasteiger partial charge >= 0.3 is 12.4 Å². The molecule has 168 valence electrons. The molecule has 2 aromatic rings. The van der Waals surface area contributed by atoms with Crippen LogP contribution in [0.15, 0.2) is 48.5 Å². The van der Waals surface area contributed by atoms with Gasteiger partial charge in [0.2, 0.25) is 0 Å². The molecular weight excluding hydrogens is 422 g/mol. The maximum absolute atomic E-state index is 13.1. The van der Waals surface area contributed by atoms with E-state index in [0.717, 1.165) is 24.3 Å². The van der Waals surface area contributed by atoms with Crippen molar-refractivity contribution in [2.45, 2.75) is 44.1 Å². The van der Waals surface area contributed by atoms with E-state index in [1.165, 1.54) is 18.2 Å². The minimum Gasteiger partial charge on any atom is -0.385 e. The third kappa shape index (κ3) is 6.15. The Kier molecular flexibility index (Phi) is 6.81. The van der Waals surface area contributed by atoms with Crippen LogP contribution in [0.5, 0.6) is 0 Å². The predicted octanol–water partition coefficient (Wildman–Crippen LogP) is 6.12. The van der Waals surface area contributed by atoms with Gasteiger partial charge in [-0.05, 0) is 61.9 Å². The number of hydrogen-bond donors (Lipinski definition) is 2. The molecule has 1 fully saturated rings. The zero-order chi connectivity index (χ0) is 22.6. The molecule has 0 saturated heterocycles. The summed E-state index contributed by atoms with van der Waals surface area (Å²) >= 11 is 0. The Bertz CT molecular complexity index is 901. The van der Waals surface area contributed by atoms with E-state index in [1.54, 1.807) is 6.07 Å². The zero-order valence-electron chi connectivity index (χ0n) is 16.5. The number of benzene rings is 2. The Morgan fingerprint density at radius 3 is 2.19 bits per heavy atom. The van der Waals surface area contributed by atoms with Crippen LogP contribution in [0.2, 0.25) is 0 Å². The van der Waals surface area contributed by atoms with Crippen LogP contribution in [0.4, 0.5) is 32.0 Å². The molecule has 0 unspecified atom stereocenters. The lowest BCUT2D eigenvalue weighted by Gasteiger charge is -2.29. The third-order valence-electron chi connectivity index (χ3n) is 5.44. The fourth-order valence-corrected chi connectivity index (χ4v) is 3.77. The van der Waals surface area contributed by atoms with Gasteiger partial charge in [-0.25, -0.2) is 0 Å². The van der Waals surface area contributed by atoms with Crippen LogP contribution in [0.25, 0.3) is 0 Å². The highest BCUT2D eigenvalue weighted by atomic mass is 19.4. The number of hydrogen-bond acceptors (Lipinski definition) is 2. The Morgan fingerprint density at radius 1 is 0.871 bits per heavy atom. The second kappa shape index (κ2) is 9.20. The second-order valence-electron chi connectivity index (χ2n) is 7.69. The molecule has 2 N–H and O–H groups in total. The molecule has 0 atom stereocenters. The summed E-state index contributed by atoms with van der Waals surface area (Å²) in [5.74, 6) is -0.552. The number of carbonyl (C=O) groups is 1. The Balaban J connectivity index is 1.50. The first-order chi connectivity index (χ1) is 14.5. The molecule has 3 rings (SSSR count). The molecule has 0 aromatic heterocycles. The van der Waals surface area contributed by atoms with E-state index < -0.39 is 35.0 Å². The molecule has 9 heteroatoms. The van der Waals surface area contributed by atoms with Gasteiger partial charge in [-0.15, -0.1) is 0 Å². The van der Waals surface area contributed by atoms with Crippen LogP contribution in [-0.2, 0) is 12.4 Å². The van der Waals surface area contributed by atoms with Crippen LogP contribution in [0.1, 0.15) is 47.2 Å². The van der Waals surface area contributed by atoms with Gasteiger partial charge in [0.1, 0.15) is 0 Å². The SMILES string of the molecule is O=C(NC1CCC(CNc2cccc(C(F)(F)F)c2)CC1)c1ccccc1C(F)(F)F. The van der Waals surface area contributed by atoms with Gasteiger partial charge < -0.3 is 10.6 Å². The summed E-state index contributed by atoms with van der Waals surface area (Å²) in [6.45, 7) is 0.485. The van der Waals surface area contributed by atoms with E-state index in [-0.39, 0.29) is 12.0 Å². The quantitative estimate of drug-likeness (QED) is 0.545. The number of alkyl halides is 6. The van der Waals surface area contributed by atoms with Crippen molar-refractivity contribution in [3.05, 3.63) is 65.2 Å². The first-order valence-electron chi connectivity index (χ1n) is 9.92. The average molecular weight is 444 g/mol. The smallest absolute Gasteiger partial charge is 0.385 e. The molecular formula is C22H22F6N2O. The first kappa shape index (κ1) is 23.0. The summed E-state index contributed by atoms with van der Waals surface area (Å²) in [5.41, 5.74) is -1.70. The van der Waals surface area contributed by atoms with Gasteiger partial charge in [0.15, 0.2) is 0 Å². The maximum Gasteiger partial charge on any atom is 0.417 e. The number of carbonyl (C=O) groups excluding carboxylic acids is 1. The van der Waals surface area contributed by atoms with E-state index in [2.05, 4.69) is 10.6 Å². The van der Waals surface area contributed by atoms with Crippen LogP contribution >= 0.6 is 0 Å². The summed E-state index contributed by atoms with van der Waals surface area (Å²) in [6, 6.07) is 9.41. The summed E-state index contributed by atoms with van der Waals surface area (Å²) < 4.78 is 77.7. The average Bonchev–Trinajstić information content (AvgIpc) is 2.72. The number of halogens is 6. The minimum absolute atomic E-state index is 0.199. The maximum atomic E-state index is 13.1. The predicted molar refractivity (Wildman–Crippen MR) is 105 cm³/mol. The highest BCUT2D eigenvalue weighted by Gasteiger charge is 2.35. The van der Waals surface area contributed by atoms with E-state index in [9.17, 15) is 31.1 Å². The molecule has 1 amide bonds. The number of amides is 1. The van der Waals surface area contributed by atoms with Gasteiger partial charge in [0.05, 0.1) is 16.7 Å². The standard InChI is InChI=1S/C22H22F6N2O/c23-21(24,25)15-4-3-5-17(12-15)29-13-14-8-10-16(11-9-14)30-20(31)18-6-1-2-7-19(18)22(26,27)28/h1-7,12,14,16,29H,8-11,13H2,(H,30,31). The van der Waals surface area contributed by atoms with Crippen molar-refractivity contribution in [1.82, 2.24) is 5.32 Å². The Labute approximate surface area is 175 Å². The number of nitrogens with one attached hydrogen (secondary N) is 2. The molecule has 1 saturated carbocycles. The van der Waals surface area contributed by atoms with Crippen LogP contribution in [-0.4, -0.2) is 18.5 Å². The van der Waals surface area contributed by atoms with Crippen LogP contribution in [0.3, 0.4) is 0 Å².